The van der Waals surface area contributed by atoms with Crippen molar-refractivity contribution in [2.45, 2.75) is 334 Å². The van der Waals surface area contributed by atoms with E-state index >= 15 is 0 Å². The van der Waals surface area contributed by atoms with Crippen LogP contribution in [0.5, 0.6) is 0 Å². The number of unbranched alkanes of at least 4 members (excludes halogenated alkanes) is 44. The minimum absolute atomic E-state index is 0.0664. The Morgan fingerprint density at radius 2 is 0.629 bits per heavy atom. The lowest BCUT2D eigenvalue weighted by Gasteiger charge is -2.19. The normalized spacial score (nSPS) is 12.9. The molecule has 1 amide bonds. The molecule has 62 heavy (non-hydrogen) atoms. The molecule has 4 nitrogen and oxygen atoms in total. The first kappa shape index (κ1) is 60.9. The highest BCUT2D eigenvalue weighted by molar-refractivity contribution is 5.76. The van der Waals surface area contributed by atoms with Crippen molar-refractivity contribution in [1.29, 1.82) is 0 Å². The highest BCUT2D eigenvalue weighted by Crippen LogP contribution is 2.18. The van der Waals surface area contributed by atoms with Crippen LogP contribution >= 0.6 is 0 Å². The summed E-state index contributed by atoms with van der Waals surface area (Å²) in [4.78, 5) is 12.5. The van der Waals surface area contributed by atoms with Crippen LogP contribution in [0.15, 0.2) is 24.3 Å². The molecule has 2 unspecified atom stereocenters. The minimum Gasteiger partial charge on any atom is -0.394 e. The number of carbonyl (C=O) groups is 1. The topological polar surface area (TPSA) is 69.6 Å². The summed E-state index contributed by atoms with van der Waals surface area (Å²) in [6.45, 7) is 4.34. The molecular formula is C58H113NO3. The Balaban J connectivity index is 3.47. The second-order valence-corrected chi connectivity index (χ2v) is 19.7. The third kappa shape index (κ3) is 49.9. The standard InChI is InChI=1S/C58H113NO3/c1-3-5-7-9-11-13-15-17-19-21-23-25-27-28-29-30-31-32-34-36-38-40-42-44-46-48-50-52-54-58(62)59-56(55-60)57(61)53-51-49-47-45-43-41-39-37-35-33-26-24-22-20-18-16-14-12-10-8-6-4-2/h43,45,51,53,56-57,60-61H,3-42,44,46-50,52,54-55H2,1-2H3,(H,59,62)/b45-43+,53-51+. The molecule has 2 atom stereocenters. The largest absolute Gasteiger partial charge is 0.394 e. The molecule has 3 N–H and O–H groups in total. The van der Waals surface area contributed by atoms with Gasteiger partial charge in [-0.15, -0.1) is 0 Å². The molecule has 0 bridgehead atoms. The lowest BCUT2D eigenvalue weighted by molar-refractivity contribution is -0.123. The van der Waals surface area contributed by atoms with Crippen LogP contribution < -0.4 is 5.32 Å². The summed E-state index contributed by atoms with van der Waals surface area (Å²) in [6, 6.07) is -0.636. The first-order chi connectivity index (χ1) is 30.7. The van der Waals surface area contributed by atoms with E-state index in [9.17, 15) is 15.0 Å². The van der Waals surface area contributed by atoms with Crippen molar-refractivity contribution >= 4 is 5.91 Å². The third-order valence-electron chi connectivity index (χ3n) is 13.4. The van der Waals surface area contributed by atoms with Crippen LogP contribution in [0.25, 0.3) is 0 Å². The van der Waals surface area contributed by atoms with Gasteiger partial charge in [0, 0.05) is 6.42 Å². The summed E-state index contributed by atoms with van der Waals surface area (Å²) in [7, 11) is 0. The quantitative estimate of drug-likeness (QED) is 0.0421. The SMILES string of the molecule is CCCCCCCCCCCCCCCCCC/C=C/CC/C=C/C(O)C(CO)NC(=O)CCCCCCCCCCCCCCCCCCCCCCCCCCCCCC. The van der Waals surface area contributed by atoms with Crippen LogP contribution in [0.3, 0.4) is 0 Å². The average Bonchev–Trinajstić information content (AvgIpc) is 3.28. The van der Waals surface area contributed by atoms with Gasteiger partial charge in [-0.1, -0.05) is 308 Å². The molecule has 0 radical (unpaired) electrons. The molecule has 0 heterocycles. The zero-order chi connectivity index (χ0) is 44.9. The van der Waals surface area contributed by atoms with Gasteiger partial charge in [0.25, 0.3) is 0 Å². The van der Waals surface area contributed by atoms with Crippen LogP contribution in [-0.4, -0.2) is 34.9 Å². The van der Waals surface area contributed by atoms with Gasteiger partial charge >= 0.3 is 0 Å². The van der Waals surface area contributed by atoms with Crippen molar-refractivity contribution in [1.82, 2.24) is 5.32 Å². The highest BCUT2D eigenvalue weighted by Gasteiger charge is 2.18. The Bertz CT molecular complexity index is 901. The Labute approximate surface area is 389 Å². The van der Waals surface area contributed by atoms with Crippen LogP contribution in [0.1, 0.15) is 322 Å². The summed E-state index contributed by atoms with van der Waals surface area (Å²) >= 11 is 0. The van der Waals surface area contributed by atoms with Crippen molar-refractivity contribution in [3.05, 3.63) is 24.3 Å². The van der Waals surface area contributed by atoms with Crippen molar-refractivity contribution in [2.75, 3.05) is 6.61 Å². The number of aliphatic hydroxyl groups excluding tert-OH is 2. The molecule has 0 aliphatic carbocycles. The van der Waals surface area contributed by atoms with Gasteiger partial charge < -0.3 is 15.5 Å². The number of hydrogen-bond acceptors (Lipinski definition) is 3. The van der Waals surface area contributed by atoms with Crippen molar-refractivity contribution in [2.24, 2.45) is 0 Å². The second kappa shape index (κ2) is 54.2. The van der Waals surface area contributed by atoms with E-state index in [0.29, 0.717) is 6.42 Å². The molecule has 0 aliphatic heterocycles. The summed E-state index contributed by atoms with van der Waals surface area (Å²) in [6.07, 6.45) is 72.1. The number of amides is 1. The maximum Gasteiger partial charge on any atom is 0.220 e. The molecule has 0 aromatic heterocycles. The number of carbonyl (C=O) groups excluding carboxylic acids is 1. The molecule has 0 aromatic rings. The lowest BCUT2D eigenvalue weighted by atomic mass is 10.0. The van der Waals surface area contributed by atoms with Crippen molar-refractivity contribution in [3.63, 3.8) is 0 Å². The van der Waals surface area contributed by atoms with E-state index in [2.05, 4.69) is 31.3 Å². The molecule has 0 fully saturated rings. The fraction of sp³-hybridized carbons (Fsp3) is 0.914. The molecule has 0 rings (SSSR count). The van der Waals surface area contributed by atoms with E-state index in [4.69, 9.17) is 0 Å². The number of aliphatic hydroxyl groups is 2. The average molecular weight is 873 g/mol. The maximum absolute atomic E-state index is 12.5. The molecule has 0 aromatic carbocycles. The third-order valence-corrected chi connectivity index (χ3v) is 13.4. The molecular weight excluding hydrogens is 759 g/mol. The van der Waals surface area contributed by atoms with Crippen LogP contribution in [0.4, 0.5) is 0 Å². The number of hydrogen-bond donors (Lipinski definition) is 3. The molecule has 0 spiro atoms. The van der Waals surface area contributed by atoms with Gasteiger partial charge in [-0.05, 0) is 32.1 Å². The first-order valence-electron chi connectivity index (χ1n) is 28.6. The van der Waals surface area contributed by atoms with Crippen LogP contribution in [-0.2, 0) is 4.79 Å². The van der Waals surface area contributed by atoms with Gasteiger partial charge in [-0.2, -0.15) is 0 Å². The van der Waals surface area contributed by atoms with Crippen LogP contribution in [0.2, 0.25) is 0 Å². The minimum atomic E-state index is -0.860. The zero-order valence-electron chi connectivity index (χ0n) is 42.4. The first-order valence-corrected chi connectivity index (χ1v) is 28.6. The molecule has 368 valence electrons. The zero-order valence-corrected chi connectivity index (χ0v) is 42.4. The van der Waals surface area contributed by atoms with Crippen LogP contribution in [0, 0.1) is 0 Å². The highest BCUT2D eigenvalue weighted by atomic mass is 16.3. The molecule has 0 aliphatic rings. The van der Waals surface area contributed by atoms with Gasteiger partial charge in [-0.3, -0.25) is 4.79 Å². The fourth-order valence-electron chi connectivity index (χ4n) is 9.08. The second-order valence-electron chi connectivity index (χ2n) is 19.7. The smallest absolute Gasteiger partial charge is 0.220 e. The van der Waals surface area contributed by atoms with Gasteiger partial charge in [0.05, 0.1) is 18.8 Å². The van der Waals surface area contributed by atoms with E-state index in [1.54, 1.807) is 6.08 Å². The molecule has 0 saturated heterocycles. The van der Waals surface area contributed by atoms with Crippen molar-refractivity contribution < 1.29 is 15.0 Å². The Kier molecular flexibility index (Phi) is 53.2. The predicted molar refractivity (Wildman–Crippen MR) is 276 cm³/mol. The van der Waals surface area contributed by atoms with E-state index in [0.717, 1.165) is 32.1 Å². The predicted octanol–water partition coefficient (Wildman–Crippen LogP) is 18.7. The Morgan fingerprint density at radius 1 is 0.371 bits per heavy atom. The monoisotopic (exact) mass is 872 g/mol. The molecule has 0 saturated carbocycles. The van der Waals surface area contributed by atoms with E-state index in [-0.39, 0.29) is 12.5 Å². The number of allylic oxidation sites excluding steroid dienone is 3. The molecule has 4 heteroatoms. The van der Waals surface area contributed by atoms with E-state index in [1.165, 1.54) is 270 Å². The van der Waals surface area contributed by atoms with E-state index < -0.39 is 12.1 Å². The summed E-state index contributed by atoms with van der Waals surface area (Å²) in [5.74, 6) is -0.0664. The van der Waals surface area contributed by atoms with Gasteiger partial charge in [0.1, 0.15) is 0 Å². The Hall–Kier alpha value is -1.13. The van der Waals surface area contributed by atoms with Gasteiger partial charge in [0.15, 0.2) is 0 Å². The number of rotatable bonds is 53. The number of nitrogens with one attached hydrogen (secondary N) is 1. The van der Waals surface area contributed by atoms with Crippen molar-refractivity contribution in [3.8, 4) is 0 Å². The Morgan fingerprint density at radius 3 is 0.935 bits per heavy atom. The lowest BCUT2D eigenvalue weighted by Crippen LogP contribution is -2.45. The fourth-order valence-corrected chi connectivity index (χ4v) is 9.08. The summed E-state index contributed by atoms with van der Waals surface area (Å²) in [5.41, 5.74) is 0. The van der Waals surface area contributed by atoms with Gasteiger partial charge in [-0.25, -0.2) is 0 Å². The van der Waals surface area contributed by atoms with E-state index in [1.807, 2.05) is 6.08 Å². The summed E-state index contributed by atoms with van der Waals surface area (Å²) in [5, 5.41) is 23.2. The maximum atomic E-state index is 12.5. The van der Waals surface area contributed by atoms with Gasteiger partial charge in [0.2, 0.25) is 5.91 Å². The summed E-state index contributed by atoms with van der Waals surface area (Å²) < 4.78 is 0.